The SMILES string of the molecule is CCNC(Cc1nc(C(C)(C)OCC)no1)C1CC1. The molecular formula is C14H25N3O2. The summed E-state index contributed by atoms with van der Waals surface area (Å²) < 4.78 is 11.0. The first kappa shape index (κ1) is 14.5. The van der Waals surface area contributed by atoms with E-state index in [1.165, 1.54) is 12.8 Å². The third-order valence-electron chi connectivity index (χ3n) is 3.56. The van der Waals surface area contributed by atoms with E-state index in [4.69, 9.17) is 9.26 Å². The summed E-state index contributed by atoms with van der Waals surface area (Å²) in [6.45, 7) is 9.65. The Morgan fingerprint density at radius 1 is 1.42 bits per heavy atom. The molecule has 1 heterocycles. The minimum absolute atomic E-state index is 0.466. The lowest BCUT2D eigenvalue weighted by molar-refractivity contribution is -0.0221. The number of hydrogen-bond donors (Lipinski definition) is 1. The molecule has 1 N–H and O–H groups in total. The molecule has 1 unspecified atom stereocenters. The van der Waals surface area contributed by atoms with Gasteiger partial charge in [-0.25, -0.2) is 0 Å². The predicted molar refractivity (Wildman–Crippen MR) is 72.8 cm³/mol. The van der Waals surface area contributed by atoms with Crippen molar-refractivity contribution in [1.29, 1.82) is 0 Å². The van der Waals surface area contributed by atoms with Crippen LogP contribution in [-0.2, 0) is 16.8 Å². The monoisotopic (exact) mass is 267 g/mol. The molecule has 1 aliphatic rings. The van der Waals surface area contributed by atoms with Gasteiger partial charge in [0.1, 0.15) is 5.60 Å². The molecule has 0 aliphatic heterocycles. The van der Waals surface area contributed by atoms with Gasteiger partial charge in [-0.2, -0.15) is 4.98 Å². The molecule has 5 heteroatoms. The molecular weight excluding hydrogens is 242 g/mol. The van der Waals surface area contributed by atoms with Crippen LogP contribution >= 0.6 is 0 Å². The predicted octanol–water partition coefficient (Wildman–Crippen LogP) is 2.27. The molecule has 0 saturated heterocycles. The third-order valence-corrected chi connectivity index (χ3v) is 3.56. The molecule has 2 rings (SSSR count). The van der Waals surface area contributed by atoms with E-state index in [1.807, 2.05) is 20.8 Å². The van der Waals surface area contributed by atoms with Crippen molar-refractivity contribution in [3.05, 3.63) is 11.7 Å². The summed E-state index contributed by atoms with van der Waals surface area (Å²) in [6, 6.07) is 0.466. The van der Waals surface area contributed by atoms with Crippen molar-refractivity contribution in [2.24, 2.45) is 5.92 Å². The maximum atomic E-state index is 5.64. The maximum absolute atomic E-state index is 5.64. The first-order valence-corrected chi connectivity index (χ1v) is 7.27. The lowest BCUT2D eigenvalue weighted by Crippen LogP contribution is -2.33. The molecule has 0 spiro atoms. The van der Waals surface area contributed by atoms with E-state index in [-0.39, 0.29) is 0 Å². The standard InChI is InChI=1S/C14H25N3O2/c1-5-15-11(10-7-8-10)9-12-16-13(17-19-12)14(3,4)18-6-2/h10-11,15H,5-9H2,1-4H3. The smallest absolute Gasteiger partial charge is 0.228 e. The van der Waals surface area contributed by atoms with Crippen LogP contribution in [0.3, 0.4) is 0 Å². The van der Waals surface area contributed by atoms with Crippen LogP contribution in [0, 0.1) is 5.92 Å². The van der Waals surface area contributed by atoms with E-state index in [0.717, 1.165) is 18.9 Å². The van der Waals surface area contributed by atoms with Gasteiger partial charge in [0.15, 0.2) is 0 Å². The summed E-state index contributed by atoms with van der Waals surface area (Å²) in [5.41, 5.74) is -0.482. The molecule has 19 heavy (non-hydrogen) atoms. The van der Waals surface area contributed by atoms with E-state index in [1.54, 1.807) is 0 Å². The second-order valence-corrected chi connectivity index (χ2v) is 5.66. The number of hydrogen-bond acceptors (Lipinski definition) is 5. The highest BCUT2D eigenvalue weighted by Crippen LogP contribution is 2.34. The summed E-state index contributed by atoms with van der Waals surface area (Å²) >= 11 is 0. The van der Waals surface area contributed by atoms with Crippen molar-refractivity contribution in [1.82, 2.24) is 15.5 Å². The van der Waals surface area contributed by atoms with Crippen LogP contribution in [0.5, 0.6) is 0 Å². The lowest BCUT2D eigenvalue weighted by atomic mass is 10.1. The Balaban J connectivity index is 1.99. The summed E-state index contributed by atoms with van der Waals surface area (Å²) in [4.78, 5) is 4.49. The van der Waals surface area contributed by atoms with Gasteiger partial charge >= 0.3 is 0 Å². The highest BCUT2D eigenvalue weighted by Gasteiger charge is 2.33. The van der Waals surface area contributed by atoms with E-state index in [2.05, 4.69) is 22.4 Å². The molecule has 1 aromatic rings. The number of nitrogens with zero attached hydrogens (tertiary/aromatic N) is 2. The fraction of sp³-hybridized carbons (Fsp3) is 0.857. The van der Waals surface area contributed by atoms with Gasteiger partial charge in [0.2, 0.25) is 11.7 Å². The van der Waals surface area contributed by atoms with Gasteiger partial charge in [-0.05, 0) is 46.1 Å². The van der Waals surface area contributed by atoms with E-state index < -0.39 is 5.60 Å². The summed E-state index contributed by atoms with van der Waals surface area (Å²) in [7, 11) is 0. The molecule has 0 radical (unpaired) electrons. The van der Waals surface area contributed by atoms with Crippen molar-refractivity contribution < 1.29 is 9.26 Å². The number of likely N-dealkylation sites (N-methyl/N-ethyl adjacent to an activating group) is 1. The summed E-state index contributed by atoms with van der Waals surface area (Å²) in [6.07, 6.45) is 3.43. The minimum atomic E-state index is -0.482. The van der Waals surface area contributed by atoms with Crippen LogP contribution in [-0.4, -0.2) is 29.3 Å². The number of ether oxygens (including phenoxy) is 1. The molecule has 1 fully saturated rings. The molecule has 1 atom stereocenters. The zero-order valence-corrected chi connectivity index (χ0v) is 12.4. The van der Waals surface area contributed by atoms with Crippen LogP contribution in [0.1, 0.15) is 52.3 Å². The molecule has 0 aromatic carbocycles. The Bertz CT molecular complexity index is 399. The van der Waals surface area contributed by atoms with Crippen molar-refractivity contribution in [3.8, 4) is 0 Å². The van der Waals surface area contributed by atoms with Gasteiger partial charge in [-0.1, -0.05) is 12.1 Å². The van der Waals surface area contributed by atoms with Crippen LogP contribution < -0.4 is 5.32 Å². The second-order valence-electron chi connectivity index (χ2n) is 5.66. The number of nitrogens with one attached hydrogen (secondary N) is 1. The average molecular weight is 267 g/mol. The van der Waals surface area contributed by atoms with E-state index in [0.29, 0.717) is 24.4 Å². The highest BCUT2D eigenvalue weighted by atomic mass is 16.5. The van der Waals surface area contributed by atoms with Crippen LogP contribution in [0.2, 0.25) is 0 Å². The Hall–Kier alpha value is -0.940. The van der Waals surface area contributed by atoms with Gasteiger partial charge < -0.3 is 14.6 Å². The normalized spacial score (nSPS) is 17.7. The second kappa shape index (κ2) is 6.01. The third kappa shape index (κ3) is 3.76. The molecule has 108 valence electrons. The number of rotatable bonds is 8. The first-order chi connectivity index (χ1) is 9.06. The average Bonchev–Trinajstić information content (AvgIpc) is 3.08. The fourth-order valence-corrected chi connectivity index (χ4v) is 2.36. The summed E-state index contributed by atoms with van der Waals surface area (Å²) in [5.74, 6) is 2.12. The summed E-state index contributed by atoms with van der Waals surface area (Å²) in [5, 5.41) is 7.57. The van der Waals surface area contributed by atoms with Crippen LogP contribution in [0.4, 0.5) is 0 Å². The van der Waals surface area contributed by atoms with Crippen molar-refractivity contribution in [3.63, 3.8) is 0 Å². The zero-order chi connectivity index (χ0) is 13.9. The van der Waals surface area contributed by atoms with Gasteiger partial charge in [0.05, 0.1) is 0 Å². The molecule has 5 nitrogen and oxygen atoms in total. The largest absolute Gasteiger partial charge is 0.368 e. The molecule has 0 amide bonds. The maximum Gasteiger partial charge on any atom is 0.228 e. The van der Waals surface area contributed by atoms with Crippen LogP contribution in [0.25, 0.3) is 0 Å². The topological polar surface area (TPSA) is 60.2 Å². The fourth-order valence-electron chi connectivity index (χ4n) is 2.36. The Kier molecular flexibility index (Phi) is 4.58. The lowest BCUT2D eigenvalue weighted by Gasteiger charge is -2.19. The molecule has 1 saturated carbocycles. The van der Waals surface area contributed by atoms with Crippen molar-refractivity contribution in [2.45, 2.75) is 58.6 Å². The van der Waals surface area contributed by atoms with Gasteiger partial charge in [-0.15, -0.1) is 0 Å². The first-order valence-electron chi connectivity index (χ1n) is 7.27. The number of aromatic nitrogens is 2. The highest BCUT2D eigenvalue weighted by molar-refractivity contribution is 5.00. The Morgan fingerprint density at radius 2 is 2.16 bits per heavy atom. The van der Waals surface area contributed by atoms with Crippen molar-refractivity contribution in [2.75, 3.05) is 13.2 Å². The quantitative estimate of drug-likeness (QED) is 0.783. The zero-order valence-electron chi connectivity index (χ0n) is 12.4. The van der Waals surface area contributed by atoms with Gasteiger partial charge in [0.25, 0.3) is 0 Å². The molecule has 1 aromatic heterocycles. The Labute approximate surface area is 115 Å². The molecule has 0 bridgehead atoms. The minimum Gasteiger partial charge on any atom is -0.368 e. The van der Waals surface area contributed by atoms with Crippen molar-refractivity contribution >= 4 is 0 Å². The van der Waals surface area contributed by atoms with Gasteiger partial charge in [-0.3, -0.25) is 0 Å². The van der Waals surface area contributed by atoms with Gasteiger partial charge in [0, 0.05) is 19.1 Å². The Morgan fingerprint density at radius 3 is 2.74 bits per heavy atom. The molecule has 1 aliphatic carbocycles. The van der Waals surface area contributed by atoms with E-state index >= 15 is 0 Å². The van der Waals surface area contributed by atoms with Crippen LogP contribution in [0.15, 0.2) is 4.52 Å². The van der Waals surface area contributed by atoms with E-state index in [9.17, 15) is 0 Å².